The number of nitrogens with zero attached hydrogens (tertiary/aromatic N) is 4. The number of ether oxygens (including phenoxy) is 1. The summed E-state index contributed by atoms with van der Waals surface area (Å²) in [6.45, 7) is 0. The van der Waals surface area contributed by atoms with Gasteiger partial charge in [-0.05, 0) is 68.4 Å². The minimum atomic E-state index is -4.34. The highest BCUT2D eigenvalue weighted by atomic mass is 19.4. The molecule has 1 aliphatic carbocycles. The molecule has 1 fully saturated rings. The first-order chi connectivity index (χ1) is 15.0. The molecule has 0 radical (unpaired) electrons. The fourth-order valence-electron chi connectivity index (χ4n) is 4.66. The molecule has 0 spiro atoms. The van der Waals surface area contributed by atoms with Gasteiger partial charge in [0.2, 0.25) is 5.88 Å². The molecule has 0 saturated heterocycles. The smallest absolute Gasteiger partial charge is 0.416 e. The summed E-state index contributed by atoms with van der Waals surface area (Å²) >= 11 is 0. The topological polar surface area (TPSA) is 52.8 Å². The quantitative estimate of drug-likeness (QED) is 0.570. The lowest BCUT2D eigenvalue weighted by Crippen LogP contribution is -2.25. The second kappa shape index (κ2) is 7.98. The summed E-state index contributed by atoms with van der Waals surface area (Å²) in [5, 5.41) is 8.88. The summed E-state index contributed by atoms with van der Waals surface area (Å²) in [6.07, 6.45) is 3.11. The van der Waals surface area contributed by atoms with Gasteiger partial charge in [-0.2, -0.15) is 13.2 Å². The average Bonchev–Trinajstić information content (AvgIpc) is 3.09. The van der Waals surface area contributed by atoms with Crippen molar-refractivity contribution in [2.75, 3.05) is 0 Å². The minimum Gasteiger partial charge on any atom is -0.474 e. The normalized spacial score (nSPS) is 21.1. The standard InChI is InChI=1S/C23H23F3N4O/c24-23(25,26)17-9-12-19-16(14-17)4-3-5-20-28-29-22(30(19)20)15-7-10-18(11-8-15)31-21-6-1-2-13-27-21/h1-2,6,9,12-15,18H,3-5,7-8,10-11H2/t15-,18-. The van der Waals surface area contributed by atoms with E-state index in [0.29, 0.717) is 24.3 Å². The fourth-order valence-corrected chi connectivity index (χ4v) is 4.66. The van der Waals surface area contributed by atoms with Crippen molar-refractivity contribution in [3.05, 3.63) is 65.4 Å². The van der Waals surface area contributed by atoms with Gasteiger partial charge in [0.15, 0.2) is 0 Å². The summed E-state index contributed by atoms with van der Waals surface area (Å²) in [5.41, 5.74) is 0.894. The Hall–Kier alpha value is -2.90. The van der Waals surface area contributed by atoms with Crippen molar-refractivity contribution in [3.8, 4) is 11.6 Å². The van der Waals surface area contributed by atoms with Crippen LogP contribution in [-0.4, -0.2) is 25.9 Å². The van der Waals surface area contributed by atoms with Gasteiger partial charge in [0.25, 0.3) is 0 Å². The highest BCUT2D eigenvalue weighted by Gasteiger charge is 2.33. The zero-order valence-electron chi connectivity index (χ0n) is 17.0. The number of hydrogen-bond acceptors (Lipinski definition) is 4. The number of rotatable bonds is 3. The average molecular weight is 428 g/mol. The summed E-state index contributed by atoms with van der Waals surface area (Å²) < 4.78 is 47.6. The van der Waals surface area contributed by atoms with E-state index in [0.717, 1.165) is 55.5 Å². The Kier molecular flexibility index (Phi) is 5.16. The molecule has 0 bridgehead atoms. The fraction of sp³-hybridized carbons (Fsp3) is 0.435. The SMILES string of the molecule is FC(F)(F)c1ccc2c(c1)CCCc1nnc([C@H]3CC[C@H](Oc4ccccn4)CC3)n1-2. The molecule has 8 heteroatoms. The first-order valence-corrected chi connectivity index (χ1v) is 10.7. The second-order valence-electron chi connectivity index (χ2n) is 8.26. The zero-order valence-corrected chi connectivity index (χ0v) is 17.0. The number of aromatic nitrogens is 4. The zero-order chi connectivity index (χ0) is 21.4. The Bertz CT molecular complexity index is 1060. The third-order valence-electron chi connectivity index (χ3n) is 6.21. The lowest BCUT2D eigenvalue weighted by molar-refractivity contribution is -0.137. The van der Waals surface area contributed by atoms with Gasteiger partial charge in [0.05, 0.1) is 11.3 Å². The van der Waals surface area contributed by atoms with Crippen molar-refractivity contribution in [2.24, 2.45) is 0 Å². The van der Waals surface area contributed by atoms with Crippen LogP contribution < -0.4 is 4.74 Å². The molecule has 0 atom stereocenters. The predicted molar refractivity (Wildman–Crippen MR) is 108 cm³/mol. The number of aryl methyl sites for hydroxylation is 2. The molecule has 5 rings (SSSR count). The molecule has 0 amide bonds. The maximum Gasteiger partial charge on any atom is 0.416 e. The molecule has 0 N–H and O–H groups in total. The molecule has 0 unspecified atom stereocenters. The molecule has 1 aliphatic heterocycles. The number of benzene rings is 1. The Morgan fingerprint density at radius 3 is 2.55 bits per heavy atom. The van der Waals surface area contributed by atoms with Crippen LogP contribution in [0.2, 0.25) is 0 Å². The van der Waals surface area contributed by atoms with Crippen molar-refractivity contribution in [1.82, 2.24) is 19.7 Å². The Morgan fingerprint density at radius 1 is 0.968 bits per heavy atom. The first-order valence-electron chi connectivity index (χ1n) is 10.7. The lowest BCUT2D eigenvalue weighted by atomic mass is 9.86. The Labute approximate surface area is 178 Å². The first kappa shape index (κ1) is 20.0. The van der Waals surface area contributed by atoms with E-state index in [2.05, 4.69) is 15.2 Å². The van der Waals surface area contributed by atoms with Crippen molar-refractivity contribution >= 4 is 0 Å². The molecule has 1 aromatic carbocycles. The Morgan fingerprint density at radius 2 is 1.81 bits per heavy atom. The largest absolute Gasteiger partial charge is 0.474 e. The van der Waals surface area contributed by atoms with E-state index in [1.165, 1.54) is 6.07 Å². The van der Waals surface area contributed by atoms with Crippen molar-refractivity contribution < 1.29 is 17.9 Å². The van der Waals surface area contributed by atoms with Crippen LogP contribution in [0.5, 0.6) is 5.88 Å². The third kappa shape index (κ3) is 4.03. The van der Waals surface area contributed by atoms with Crippen LogP contribution in [-0.2, 0) is 19.0 Å². The molecule has 2 aliphatic rings. The van der Waals surface area contributed by atoms with Gasteiger partial charge < -0.3 is 4.74 Å². The summed E-state index contributed by atoms with van der Waals surface area (Å²) in [5.74, 6) is 2.53. The van der Waals surface area contributed by atoms with E-state index in [1.807, 2.05) is 22.8 Å². The van der Waals surface area contributed by atoms with Crippen LogP contribution >= 0.6 is 0 Å². The van der Waals surface area contributed by atoms with E-state index in [4.69, 9.17) is 4.74 Å². The van der Waals surface area contributed by atoms with Gasteiger partial charge >= 0.3 is 6.18 Å². The summed E-state index contributed by atoms with van der Waals surface area (Å²) in [4.78, 5) is 4.23. The van der Waals surface area contributed by atoms with Crippen molar-refractivity contribution in [1.29, 1.82) is 0 Å². The summed E-state index contributed by atoms with van der Waals surface area (Å²) in [7, 11) is 0. The van der Waals surface area contributed by atoms with Crippen LogP contribution in [0.25, 0.3) is 5.69 Å². The summed E-state index contributed by atoms with van der Waals surface area (Å²) in [6, 6.07) is 9.64. The third-order valence-corrected chi connectivity index (χ3v) is 6.21. The molecule has 2 aromatic heterocycles. The molecular weight excluding hydrogens is 405 g/mol. The number of fused-ring (bicyclic) bond motifs is 3. The van der Waals surface area contributed by atoms with Crippen LogP contribution in [0, 0.1) is 0 Å². The Balaban J connectivity index is 1.38. The lowest BCUT2D eigenvalue weighted by Gasteiger charge is -2.28. The van der Waals surface area contributed by atoms with Crippen molar-refractivity contribution in [3.63, 3.8) is 0 Å². The van der Waals surface area contributed by atoms with Gasteiger partial charge in [0, 0.05) is 24.6 Å². The van der Waals surface area contributed by atoms with Crippen LogP contribution in [0.3, 0.4) is 0 Å². The maximum absolute atomic E-state index is 13.2. The van der Waals surface area contributed by atoms with E-state index < -0.39 is 11.7 Å². The van der Waals surface area contributed by atoms with Crippen molar-refractivity contribution in [2.45, 2.75) is 63.1 Å². The van der Waals surface area contributed by atoms with E-state index in [9.17, 15) is 13.2 Å². The highest BCUT2D eigenvalue weighted by Crippen LogP contribution is 2.38. The van der Waals surface area contributed by atoms with E-state index in [-0.39, 0.29) is 12.0 Å². The predicted octanol–water partition coefficient (Wildman–Crippen LogP) is 5.28. The van der Waals surface area contributed by atoms with Gasteiger partial charge in [-0.1, -0.05) is 6.07 Å². The highest BCUT2D eigenvalue weighted by molar-refractivity contribution is 5.47. The molecule has 5 nitrogen and oxygen atoms in total. The number of hydrogen-bond donors (Lipinski definition) is 0. The van der Waals surface area contributed by atoms with E-state index >= 15 is 0 Å². The number of pyridine rings is 1. The molecule has 3 aromatic rings. The molecule has 3 heterocycles. The van der Waals surface area contributed by atoms with Gasteiger partial charge in [-0.15, -0.1) is 10.2 Å². The number of halogens is 3. The monoisotopic (exact) mass is 428 g/mol. The number of alkyl halides is 3. The van der Waals surface area contributed by atoms with Gasteiger partial charge in [0.1, 0.15) is 17.8 Å². The van der Waals surface area contributed by atoms with Gasteiger partial charge in [-0.25, -0.2) is 4.98 Å². The molecule has 1 saturated carbocycles. The minimum absolute atomic E-state index is 0.110. The van der Waals surface area contributed by atoms with Crippen LogP contribution in [0.15, 0.2) is 42.6 Å². The van der Waals surface area contributed by atoms with E-state index in [1.54, 1.807) is 12.3 Å². The molecule has 162 valence electrons. The molecular formula is C23H23F3N4O. The molecule has 31 heavy (non-hydrogen) atoms. The second-order valence-corrected chi connectivity index (χ2v) is 8.26. The van der Waals surface area contributed by atoms with Gasteiger partial charge in [-0.3, -0.25) is 4.57 Å². The van der Waals surface area contributed by atoms with Crippen LogP contribution in [0.4, 0.5) is 13.2 Å². The maximum atomic E-state index is 13.2. The van der Waals surface area contributed by atoms with Crippen LogP contribution in [0.1, 0.15) is 60.8 Å².